The van der Waals surface area contributed by atoms with Gasteiger partial charge in [-0.2, -0.15) is 0 Å². The number of nitrogens with zero attached hydrogens (tertiary/aromatic N) is 1. The maximum absolute atomic E-state index is 12.4. The lowest BCUT2D eigenvalue weighted by molar-refractivity contribution is 0.0947. The molecule has 22 heavy (non-hydrogen) atoms. The van der Waals surface area contributed by atoms with Gasteiger partial charge in [-0.05, 0) is 44.9 Å². The van der Waals surface area contributed by atoms with E-state index in [-0.39, 0.29) is 5.91 Å². The molecule has 0 atom stereocenters. The van der Waals surface area contributed by atoms with Crippen LogP contribution in [0, 0.1) is 13.8 Å². The average molecular weight is 300 g/mol. The number of aromatic nitrogens is 1. The first-order chi connectivity index (χ1) is 10.7. The van der Waals surface area contributed by atoms with Crippen LogP contribution in [0.3, 0.4) is 0 Å². The largest absolute Gasteiger partial charge is 0.467 e. The van der Waals surface area contributed by atoms with Gasteiger partial charge in [-0.1, -0.05) is 19.3 Å². The molecule has 1 aliphatic carbocycles. The van der Waals surface area contributed by atoms with E-state index in [1.807, 2.05) is 18.2 Å². The Kier molecular flexibility index (Phi) is 4.36. The van der Waals surface area contributed by atoms with Gasteiger partial charge in [-0.25, -0.2) is 0 Å². The van der Waals surface area contributed by atoms with Gasteiger partial charge < -0.3 is 14.3 Å². The van der Waals surface area contributed by atoms with E-state index in [1.54, 1.807) is 6.26 Å². The molecule has 1 amide bonds. The fraction of sp³-hybridized carbons (Fsp3) is 0.500. The second kappa shape index (κ2) is 6.42. The third kappa shape index (κ3) is 2.96. The van der Waals surface area contributed by atoms with Gasteiger partial charge in [0, 0.05) is 17.4 Å². The minimum absolute atomic E-state index is 0.0217. The molecule has 0 unspecified atom stereocenters. The predicted octanol–water partition coefficient (Wildman–Crippen LogP) is 4.13. The molecule has 0 aromatic carbocycles. The SMILES string of the molecule is Cc1cc(C(=O)NCc2ccco2)c(C)n1C1CCCCC1. The Morgan fingerprint density at radius 1 is 1.32 bits per heavy atom. The second-order valence-electron chi connectivity index (χ2n) is 6.21. The Bertz CT molecular complexity index is 634. The zero-order valence-corrected chi connectivity index (χ0v) is 13.4. The lowest BCUT2D eigenvalue weighted by atomic mass is 9.95. The third-order valence-corrected chi connectivity index (χ3v) is 4.67. The van der Waals surface area contributed by atoms with Crippen molar-refractivity contribution in [2.75, 3.05) is 0 Å². The highest BCUT2D eigenvalue weighted by Crippen LogP contribution is 2.32. The molecular formula is C18H24N2O2. The van der Waals surface area contributed by atoms with Crippen LogP contribution in [0.5, 0.6) is 0 Å². The number of nitrogens with one attached hydrogen (secondary N) is 1. The Balaban J connectivity index is 1.74. The number of furan rings is 1. The maximum atomic E-state index is 12.4. The summed E-state index contributed by atoms with van der Waals surface area (Å²) in [6.45, 7) is 4.59. The number of aryl methyl sites for hydroxylation is 1. The number of hydrogen-bond donors (Lipinski definition) is 1. The number of carbonyl (C=O) groups is 1. The van der Waals surface area contributed by atoms with Crippen molar-refractivity contribution in [3.8, 4) is 0 Å². The van der Waals surface area contributed by atoms with E-state index < -0.39 is 0 Å². The molecule has 3 rings (SSSR count). The summed E-state index contributed by atoms with van der Waals surface area (Å²) >= 11 is 0. The minimum atomic E-state index is -0.0217. The van der Waals surface area contributed by atoms with Crippen molar-refractivity contribution >= 4 is 5.91 Å². The van der Waals surface area contributed by atoms with Crippen molar-refractivity contribution in [1.29, 1.82) is 0 Å². The Labute approximate surface area is 131 Å². The average Bonchev–Trinajstić information content (AvgIpc) is 3.14. The summed E-state index contributed by atoms with van der Waals surface area (Å²) < 4.78 is 7.62. The van der Waals surface area contributed by atoms with E-state index in [0.29, 0.717) is 12.6 Å². The molecule has 0 radical (unpaired) electrons. The van der Waals surface area contributed by atoms with Gasteiger partial charge in [0.1, 0.15) is 5.76 Å². The van der Waals surface area contributed by atoms with Crippen LogP contribution < -0.4 is 5.32 Å². The fourth-order valence-corrected chi connectivity index (χ4v) is 3.58. The summed E-state index contributed by atoms with van der Waals surface area (Å²) in [6.07, 6.45) is 8.00. The number of amides is 1. The number of hydrogen-bond acceptors (Lipinski definition) is 2. The number of carbonyl (C=O) groups excluding carboxylic acids is 1. The minimum Gasteiger partial charge on any atom is -0.467 e. The van der Waals surface area contributed by atoms with Crippen LogP contribution >= 0.6 is 0 Å². The summed E-state index contributed by atoms with van der Waals surface area (Å²) in [5.74, 6) is 0.751. The molecule has 0 bridgehead atoms. The molecule has 1 saturated carbocycles. The highest BCUT2D eigenvalue weighted by molar-refractivity contribution is 5.95. The first kappa shape index (κ1) is 14.9. The van der Waals surface area contributed by atoms with Crippen LogP contribution in [0.2, 0.25) is 0 Å². The molecule has 4 nitrogen and oxygen atoms in total. The quantitative estimate of drug-likeness (QED) is 0.922. The van der Waals surface area contributed by atoms with Gasteiger partial charge in [0.15, 0.2) is 0 Å². The molecule has 0 aliphatic heterocycles. The predicted molar refractivity (Wildman–Crippen MR) is 85.9 cm³/mol. The van der Waals surface area contributed by atoms with E-state index in [0.717, 1.165) is 17.0 Å². The Hall–Kier alpha value is -1.97. The van der Waals surface area contributed by atoms with Crippen molar-refractivity contribution in [3.63, 3.8) is 0 Å². The van der Waals surface area contributed by atoms with Crippen molar-refractivity contribution < 1.29 is 9.21 Å². The van der Waals surface area contributed by atoms with Gasteiger partial charge in [0.2, 0.25) is 0 Å². The van der Waals surface area contributed by atoms with Crippen LogP contribution in [0.25, 0.3) is 0 Å². The van der Waals surface area contributed by atoms with E-state index in [2.05, 4.69) is 23.7 Å². The Morgan fingerprint density at radius 2 is 2.09 bits per heavy atom. The molecule has 4 heteroatoms. The molecule has 0 saturated heterocycles. The van der Waals surface area contributed by atoms with Gasteiger partial charge in [0.05, 0.1) is 18.4 Å². The highest BCUT2D eigenvalue weighted by atomic mass is 16.3. The van der Waals surface area contributed by atoms with Gasteiger partial charge in [-0.3, -0.25) is 4.79 Å². The molecule has 2 aromatic rings. The molecule has 1 aliphatic rings. The summed E-state index contributed by atoms with van der Waals surface area (Å²) in [6, 6.07) is 6.27. The van der Waals surface area contributed by atoms with E-state index in [4.69, 9.17) is 4.42 Å². The first-order valence-electron chi connectivity index (χ1n) is 8.16. The van der Waals surface area contributed by atoms with Crippen LogP contribution in [0.4, 0.5) is 0 Å². The van der Waals surface area contributed by atoms with Crippen LogP contribution in [-0.2, 0) is 6.54 Å². The summed E-state index contributed by atoms with van der Waals surface area (Å²) in [4.78, 5) is 12.4. The zero-order valence-electron chi connectivity index (χ0n) is 13.4. The smallest absolute Gasteiger partial charge is 0.253 e. The topological polar surface area (TPSA) is 47.2 Å². The Morgan fingerprint density at radius 3 is 2.77 bits per heavy atom. The van der Waals surface area contributed by atoms with E-state index >= 15 is 0 Å². The van der Waals surface area contributed by atoms with Crippen LogP contribution in [-0.4, -0.2) is 10.5 Å². The van der Waals surface area contributed by atoms with Crippen LogP contribution in [0.15, 0.2) is 28.9 Å². The summed E-state index contributed by atoms with van der Waals surface area (Å²) in [7, 11) is 0. The maximum Gasteiger partial charge on any atom is 0.253 e. The number of rotatable bonds is 4. The van der Waals surface area contributed by atoms with Crippen LogP contribution in [0.1, 0.15) is 65.7 Å². The van der Waals surface area contributed by atoms with Crippen molar-refractivity contribution in [2.45, 2.75) is 58.5 Å². The molecule has 2 heterocycles. The van der Waals surface area contributed by atoms with Gasteiger partial charge in [-0.15, -0.1) is 0 Å². The van der Waals surface area contributed by atoms with E-state index in [9.17, 15) is 4.79 Å². The standard InChI is InChI=1S/C18H24N2O2/c1-13-11-17(18(21)19-12-16-9-6-10-22-16)14(2)20(13)15-7-4-3-5-8-15/h6,9-11,15H,3-5,7-8,12H2,1-2H3,(H,19,21). The second-order valence-corrected chi connectivity index (χ2v) is 6.21. The third-order valence-electron chi connectivity index (χ3n) is 4.67. The van der Waals surface area contributed by atoms with Crippen molar-refractivity contribution in [2.24, 2.45) is 0 Å². The van der Waals surface area contributed by atoms with E-state index in [1.165, 1.54) is 37.8 Å². The molecular weight excluding hydrogens is 276 g/mol. The fourth-order valence-electron chi connectivity index (χ4n) is 3.58. The van der Waals surface area contributed by atoms with Crippen molar-refractivity contribution in [1.82, 2.24) is 9.88 Å². The molecule has 118 valence electrons. The highest BCUT2D eigenvalue weighted by Gasteiger charge is 2.22. The molecule has 1 N–H and O–H groups in total. The molecule has 2 aromatic heterocycles. The van der Waals surface area contributed by atoms with Gasteiger partial charge >= 0.3 is 0 Å². The lowest BCUT2D eigenvalue weighted by Crippen LogP contribution is -2.23. The zero-order chi connectivity index (χ0) is 15.5. The lowest BCUT2D eigenvalue weighted by Gasteiger charge is -2.26. The first-order valence-corrected chi connectivity index (χ1v) is 8.16. The monoisotopic (exact) mass is 300 g/mol. The summed E-state index contributed by atoms with van der Waals surface area (Å²) in [5, 5.41) is 2.94. The normalized spacial score (nSPS) is 15.9. The molecule has 0 spiro atoms. The molecule has 1 fully saturated rings. The van der Waals surface area contributed by atoms with Gasteiger partial charge in [0.25, 0.3) is 5.91 Å². The summed E-state index contributed by atoms with van der Waals surface area (Å²) in [5.41, 5.74) is 3.06. The van der Waals surface area contributed by atoms with Crippen molar-refractivity contribution in [3.05, 3.63) is 47.2 Å².